The Hall–Kier alpha value is -1.78. The fourth-order valence-corrected chi connectivity index (χ4v) is 5.63. The number of amides is 1. The number of sulfonamides is 1. The molecule has 1 saturated heterocycles. The Morgan fingerprint density at radius 3 is 2.57 bits per heavy atom. The summed E-state index contributed by atoms with van der Waals surface area (Å²) in [5.74, 6) is -2.02. The van der Waals surface area contributed by atoms with Gasteiger partial charge in [-0.05, 0) is 44.1 Å². The number of nitrogens with one attached hydrogen (secondary N) is 1. The van der Waals surface area contributed by atoms with E-state index in [1.165, 1.54) is 11.0 Å². The van der Waals surface area contributed by atoms with Gasteiger partial charge in [0.05, 0.1) is 25.0 Å². The first-order chi connectivity index (χ1) is 14.2. The number of benzene rings is 1. The molecule has 3 aliphatic heterocycles. The van der Waals surface area contributed by atoms with E-state index in [9.17, 15) is 22.0 Å². The van der Waals surface area contributed by atoms with Crippen LogP contribution in [0, 0.1) is 11.6 Å². The second kappa shape index (κ2) is 8.39. The van der Waals surface area contributed by atoms with Crippen molar-refractivity contribution in [1.29, 1.82) is 0 Å². The van der Waals surface area contributed by atoms with Gasteiger partial charge < -0.3 is 14.4 Å². The van der Waals surface area contributed by atoms with E-state index in [-0.39, 0.29) is 30.3 Å². The van der Waals surface area contributed by atoms with Gasteiger partial charge in [0.1, 0.15) is 5.82 Å². The van der Waals surface area contributed by atoms with Crippen molar-refractivity contribution in [3.63, 3.8) is 0 Å². The molecule has 0 spiro atoms. The SMILES string of the molecule is CS(=O)(=O)NC1CCN2C(=O)COc3c(F)cc(F)cc3C3CCC(CC3)OCC12. The predicted molar refractivity (Wildman–Crippen MR) is 105 cm³/mol. The number of rotatable bonds is 2. The van der Waals surface area contributed by atoms with Crippen molar-refractivity contribution >= 4 is 15.9 Å². The minimum absolute atomic E-state index is 0.0405. The Morgan fingerprint density at radius 2 is 1.87 bits per heavy atom. The molecule has 5 rings (SSSR count). The van der Waals surface area contributed by atoms with E-state index in [0.717, 1.165) is 12.3 Å². The summed E-state index contributed by atoms with van der Waals surface area (Å²) >= 11 is 0. The van der Waals surface area contributed by atoms with E-state index in [0.29, 0.717) is 44.2 Å². The van der Waals surface area contributed by atoms with Gasteiger partial charge in [0.25, 0.3) is 5.91 Å². The van der Waals surface area contributed by atoms with Crippen molar-refractivity contribution < 1.29 is 31.5 Å². The molecule has 1 saturated carbocycles. The van der Waals surface area contributed by atoms with E-state index < -0.39 is 40.3 Å². The fourth-order valence-electron chi connectivity index (χ4n) is 4.81. The van der Waals surface area contributed by atoms with Crippen molar-refractivity contribution in [3.05, 3.63) is 29.3 Å². The maximum absolute atomic E-state index is 14.5. The Morgan fingerprint density at radius 1 is 1.13 bits per heavy atom. The molecule has 0 radical (unpaired) electrons. The van der Waals surface area contributed by atoms with Gasteiger partial charge in [0.2, 0.25) is 10.0 Å². The quantitative estimate of drug-likeness (QED) is 0.754. The number of carbonyl (C=O) groups excluding carboxylic acids is 1. The molecule has 1 aromatic carbocycles. The average Bonchev–Trinajstić information content (AvgIpc) is 3.06. The van der Waals surface area contributed by atoms with Crippen molar-refractivity contribution in [2.24, 2.45) is 0 Å². The second-order valence-corrected chi connectivity index (χ2v) is 10.1. The van der Waals surface area contributed by atoms with Crippen molar-refractivity contribution in [1.82, 2.24) is 9.62 Å². The molecule has 2 unspecified atom stereocenters. The molecule has 1 aromatic rings. The molecule has 2 fully saturated rings. The van der Waals surface area contributed by atoms with Gasteiger partial charge in [-0.15, -0.1) is 0 Å². The van der Waals surface area contributed by atoms with Crippen LogP contribution >= 0.6 is 0 Å². The highest BCUT2D eigenvalue weighted by atomic mass is 32.2. The van der Waals surface area contributed by atoms with E-state index in [1.807, 2.05) is 0 Å². The summed E-state index contributed by atoms with van der Waals surface area (Å²) in [5.41, 5.74) is 0.451. The Kier molecular flexibility index (Phi) is 6.00. The number of hydrogen-bond donors (Lipinski definition) is 1. The van der Waals surface area contributed by atoms with Crippen LogP contribution in [-0.2, 0) is 19.6 Å². The lowest BCUT2D eigenvalue weighted by atomic mass is 9.82. The molecule has 10 heteroatoms. The zero-order chi connectivity index (χ0) is 21.5. The first kappa shape index (κ1) is 21.5. The zero-order valence-electron chi connectivity index (χ0n) is 16.8. The largest absolute Gasteiger partial charge is 0.480 e. The van der Waals surface area contributed by atoms with Crippen molar-refractivity contribution in [3.8, 4) is 5.75 Å². The second-order valence-electron chi connectivity index (χ2n) is 8.34. The molecule has 7 nitrogen and oxygen atoms in total. The number of hydrogen-bond acceptors (Lipinski definition) is 5. The summed E-state index contributed by atoms with van der Waals surface area (Å²) in [7, 11) is -3.45. The zero-order valence-corrected chi connectivity index (χ0v) is 17.6. The van der Waals surface area contributed by atoms with Gasteiger partial charge in [0.15, 0.2) is 18.2 Å². The first-order valence-corrected chi connectivity index (χ1v) is 12.1. The molecule has 3 heterocycles. The summed E-state index contributed by atoms with van der Waals surface area (Å²) in [6.45, 7) is 0.146. The van der Waals surface area contributed by atoms with Crippen LogP contribution < -0.4 is 9.46 Å². The van der Waals surface area contributed by atoms with Crippen LogP contribution in [0.3, 0.4) is 0 Å². The van der Waals surface area contributed by atoms with Crippen LogP contribution in [0.2, 0.25) is 0 Å². The Labute approximate surface area is 174 Å². The number of ether oxygens (including phenoxy) is 2. The van der Waals surface area contributed by atoms with E-state index >= 15 is 0 Å². The van der Waals surface area contributed by atoms with Crippen LogP contribution in [0.25, 0.3) is 0 Å². The van der Waals surface area contributed by atoms with Crippen LogP contribution in [0.15, 0.2) is 12.1 Å². The number of carbonyl (C=O) groups is 1. The molecule has 1 N–H and O–H groups in total. The first-order valence-electron chi connectivity index (χ1n) is 10.2. The number of fused-ring (bicyclic) bond motifs is 5. The number of halogens is 2. The van der Waals surface area contributed by atoms with Crippen molar-refractivity contribution in [2.75, 3.05) is 26.0 Å². The molecule has 0 aromatic heterocycles. The standard InChI is InChI=1S/C20H26F2N2O5S/c1-30(26,27)23-17-6-7-24-18(17)10-28-14-4-2-12(3-5-14)15-8-13(21)9-16(22)20(15)29-11-19(24)25/h8-9,12,14,17-18,23H,2-7,10-11H2,1H3. The lowest BCUT2D eigenvalue weighted by Crippen LogP contribution is -2.50. The minimum atomic E-state index is -3.45. The van der Waals surface area contributed by atoms with Gasteiger partial charge in [-0.2, -0.15) is 0 Å². The summed E-state index contributed by atoms with van der Waals surface area (Å²) in [4.78, 5) is 14.4. The molecular weight excluding hydrogens is 418 g/mol. The summed E-state index contributed by atoms with van der Waals surface area (Å²) in [5, 5.41) is 0. The molecule has 166 valence electrons. The highest BCUT2D eigenvalue weighted by Crippen LogP contribution is 2.40. The van der Waals surface area contributed by atoms with E-state index in [2.05, 4.69) is 4.72 Å². The van der Waals surface area contributed by atoms with Gasteiger partial charge in [0, 0.05) is 24.2 Å². The topological polar surface area (TPSA) is 84.9 Å². The highest BCUT2D eigenvalue weighted by molar-refractivity contribution is 7.88. The van der Waals surface area contributed by atoms with Crippen LogP contribution in [-0.4, -0.2) is 63.4 Å². The molecule has 2 atom stereocenters. The lowest BCUT2D eigenvalue weighted by molar-refractivity contribution is -0.136. The van der Waals surface area contributed by atoms with Crippen LogP contribution in [0.4, 0.5) is 8.78 Å². The van der Waals surface area contributed by atoms with Gasteiger partial charge in [-0.1, -0.05) is 0 Å². The predicted octanol–water partition coefficient (Wildman–Crippen LogP) is 1.92. The maximum atomic E-state index is 14.5. The Bertz CT molecular complexity index is 918. The van der Waals surface area contributed by atoms with Crippen LogP contribution in [0.1, 0.15) is 43.6 Å². The van der Waals surface area contributed by atoms with E-state index in [4.69, 9.17) is 9.47 Å². The fraction of sp³-hybridized carbons (Fsp3) is 0.650. The summed E-state index contributed by atoms with van der Waals surface area (Å²) in [6.07, 6.45) is 4.31. The van der Waals surface area contributed by atoms with Gasteiger partial charge >= 0.3 is 0 Å². The molecular formula is C20H26F2N2O5S. The van der Waals surface area contributed by atoms with E-state index in [1.54, 1.807) is 0 Å². The molecule has 30 heavy (non-hydrogen) atoms. The summed E-state index contributed by atoms with van der Waals surface area (Å²) in [6, 6.07) is 1.13. The highest BCUT2D eigenvalue weighted by Gasteiger charge is 2.40. The molecule has 1 amide bonds. The van der Waals surface area contributed by atoms with Gasteiger partial charge in [-0.3, -0.25) is 4.79 Å². The normalized spacial score (nSPS) is 30.0. The van der Waals surface area contributed by atoms with Crippen LogP contribution in [0.5, 0.6) is 5.75 Å². The lowest BCUT2D eigenvalue weighted by Gasteiger charge is -2.32. The third-order valence-electron chi connectivity index (χ3n) is 6.23. The molecule has 1 aliphatic carbocycles. The Balaban J connectivity index is 1.63. The molecule has 2 bridgehead atoms. The van der Waals surface area contributed by atoms with Gasteiger partial charge in [-0.25, -0.2) is 21.9 Å². The summed E-state index contributed by atoms with van der Waals surface area (Å²) < 4.78 is 66.1. The third-order valence-corrected chi connectivity index (χ3v) is 6.96. The van der Waals surface area contributed by atoms with Crippen molar-refractivity contribution in [2.45, 2.75) is 56.2 Å². The molecule has 4 aliphatic rings. The smallest absolute Gasteiger partial charge is 0.260 e. The average molecular weight is 445 g/mol. The third kappa shape index (κ3) is 4.60. The maximum Gasteiger partial charge on any atom is 0.260 e. The number of nitrogens with zero attached hydrogens (tertiary/aromatic N) is 1. The minimum Gasteiger partial charge on any atom is -0.480 e. The monoisotopic (exact) mass is 444 g/mol.